The van der Waals surface area contributed by atoms with Gasteiger partial charge in [0.05, 0.1) is 11.8 Å². The van der Waals surface area contributed by atoms with Gasteiger partial charge in [-0.3, -0.25) is 4.79 Å². The molecule has 0 saturated carbocycles. The maximum atomic E-state index is 13.8. The smallest absolute Gasteiger partial charge is 0.343 e. The molecule has 1 amide bonds. The average molecular weight is 389 g/mol. The number of imidazole rings is 1. The zero-order chi connectivity index (χ0) is 20.3. The Hall–Kier alpha value is -3.89. The molecule has 144 valence electrons. The number of aromatic nitrogens is 2. The van der Waals surface area contributed by atoms with Crippen molar-refractivity contribution in [2.75, 3.05) is 0 Å². The van der Waals surface area contributed by atoms with E-state index in [9.17, 15) is 23.7 Å². The Morgan fingerprint density at radius 3 is 2.89 bits per heavy atom. The number of nitrogens with zero attached hydrogens (tertiary/aromatic N) is 4. The molecule has 0 aliphatic carbocycles. The lowest BCUT2D eigenvalue weighted by Crippen LogP contribution is -2.24. The van der Waals surface area contributed by atoms with Crippen LogP contribution >= 0.6 is 0 Å². The van der Waals surface area contributed by atoms with Crippen LogP contribution in [0.1, 0.15) is 11.6 Å². The monoisotopic (exact) mass is 389 g/mol. The van der Waals surface area contributed by atoms with Gasteiger partial charge < -0.3 is 14.5 Å². The number of carbonyl (C=O) groups is 1. The third-order valence-corrected chi connectivity index (χ3v) is 3.73. The summed E-state index contributed by atoms with van der Waals surface area (Å²) in [6, 6.07) is 6.04. The van der Waals surface area contributed by atoms with Crippen molar-refractivity contribution in [3.05, 3.63) is 69.9 Å². The zero-order valence-electron chi connectivity index (χ0n) is 14.4. The summed E-state index contributed by atoms with van der Waals surface area (Å²) in [5.74, 6) is -1.72. The summed E-state index contributed by atoms with van der Waals surface area (Å²) in [5, 5.41) is 14.6. The van der Waals surface area contributed by atoms with Crippen LogP contribution in [0, 0.1) is 28.7 Å². The standard InChI is InChI=1S/C17H13F2N5O4/c1-10-20-8-17(24(26)27)23(10)9-16(25)22-21-7-12-3-5-15(28-12)13-4-2-11(18)6-14(13)19/h2-8H,9H2,1H3,(H,22,25). The molecule has 1 N–H and O–H groups in total. The fourth-order valence-electron chi connectivity index (χ4n) is 2.40. The number of nitrogens with one attached hydrogen (secondary N) is 1. The Morgan fingerprint density at radius 1 is 1.39 bits per heavy atom. The van der Waals surface area contributed by atoms with Crippen LogP contribution in [0.5, 0.6) is 0 Å². The highest BCUT2D eigenvalue weighted by molar-refractivity contribution is 5.81. The van der Waals surface area contributed by atoms with E-state index in [2.05, 4.69) is 15.5 Å². The van der Waals surface area contributed by atoms with E-state index in [0.717, 1.165) is 22.9 Å². The number of hydrogen-bond donors (Lipinski definition) is 1. The van der Waals surface area contributed by atoms with Crippen LogP contribution in [0.4, 0.5) is 14.6 Å². The van der Waals surface area contributed by atoms with Gasteiger partial charge in [-0.2, -0.15) is 5.10 Å². The number of furan rings is 1. The summed E-state index contributed by atoms with van der Waals surface area (Å²) >= 11 is 0. The predicted molar refractivity (Wildman–Crippen MR) is 93.4 cm³/mol. The van der Waals surface area contributed by atoms with Gasteiger partial charge in [0.1, 0.15) is 29.4 Å². The Bertz CT molecular complexity index is 1070. The van der Waals surface area contributed by atoms with Crippen molar-refractivity contribution in [1.82, 2.24) is 15.0 Å². The van der Waals surface area contributed by atoms with Crippen LogP contribution < -0.4 is 5.43 Å². The van der Waals surface area contributed by atoms with Crippen molar-refractivity contribution in [2.24, 2.45) is 5.10 Å². The van der Waals surface area contributed by atoms with Gasteiger partial charge in [-0.1, -0.05) is 0 Å². The minimum Gasteiger partial charge on any atom is -0.455 e. The molecule has 0 spiro atoms. The molecule has 2 aromatic heterocycles. The maximum Gasteiger partial charge on any atom is 0.343 e. The molecule has 11 heteroatoms. The molecule has 28 heavy (non-hydrogen) atoms. The number of hydrazone groups is 1. The van der Waals surface area contributed by atoms with Crippen molar-refractivity contribution in [1.29, 1.82) is 0 Å². The van der Waals surface area contributed by atoms with E-state index in [-0.39, 0.29) is 29.4 Å². The van der Waals surface area contributed by atoms with E-state index in [1.165, 1.54) is 31.3 Å². The number of halogens is 2. The second-order valence-corrected chi connectivity index (χ2v) is 5.63. The second kappa shape index (κ2) is 7.78. The average Bonchev–Trinajstić information content (AvgIpc) is 3.22. The van der Waals surface area contributed by atoms with Crippen molar-refractivity contribution < 1.29 is 22.9 Å². The van der Waals surface area contributed by atoms with Crippen LogP contribution in [0.15, 0.2) is 46.0 Å². The first kappa shape index (κ1) is 18.9. The molecular weight excluding hydrogens is 376 g/mol. The van der Waals surface area contributed by atoms with Crippen LogP contribution in [-0.2, 0) is 11.3 Å². The van der Waals surface area contributed by atoms with Crippen molar-refractivity contribution in [3.8, 4) is 11.3 Å². The first-order chi connectivity index (χ1) is 13.3. The van der Waals surface area contributed by atoms with Gasteiger partial charge in [-0.15, -0.1) is 0 Å². The summed E-state index contributed by atoms with van der Waals surface area (Å²) in [5.41, 5.74) is 2.28. The Labute approximate surface area is 156 Å². The van der Waals surface area contributed by atoms with Gasteiger partial charge in [0.2, 0.25) is 0 Å². The van der Waals surface area contributed by atoms with E-state index in [4.69, 9.17) is 4.42 Å². The van der Waals surface area contributed by atoms with Crippen LogP contribution in [0.25, 0.3) is 11.3 Å². The van der Waals surface area contributed by atoms with Gasteiger partial charge in [-0.05, 0) is 29.2 Å². The van der Waals surface area contributed by atoms with Crippen LogP contribution in [0.2, 0.25) is 0 Å². The molecule has 2 heterocycles. The Kier molecular flexibility index (Phi) is 5.25. The highest BCUT2D eigenvalue weighted by Crippen LogP contribution is 2.25. The Balaban J connectivity index is 1.64. The number of amides is 1. The van der Waals surface area contributed by atoms with Crippen LogP contribution in [-0.4, -0.2) is 26.6 Å². The highest BCUT2D eigenvalue weighted by atomic mass is 19.1. The number of rotatable bonds is 6. The molecule has 0 bridgehead atoms. The third-order valence-electron chi connectivity index (χ3n) is 3.73. The largest absolute Gasteiger partial charge is 0.455 e. The second-order valence-electron chi connectivity index (χ2n) is 5.63. The fraction of sp³-hybridized carbons (Fsp3) is 0.118. The first-order valence-corrected chi connectivity index (χ1v) is 7.89. The lowest BCUT2D eigenvalue weighted by molar-refractivity contribution is -0.392. The molecular formula is C17H13F2N5O4. The molecule has 3 rings (SSSR count). The fourth-order valence-corrected chi connectivity index (χ4v) is 2.40. The molecule has 0 saturated heterocycles. The summed E-state index contributed by atoms with van der Waals surface area (Å²) in [6.07, 6.45) is 2.24. The lowest BCUT2D eigenvalue weighted by Gasteiger charge is -2.01. The third kappa shape index (κ3) is 4.09. The predicted octanol–water partition coefficient (Wildman–Crippen LogP) is 2.79. The van der Waals surface area contributed by atoms with E-state index in [1.807, 2.05) is 0 Å². The van der Waals surface area contributed by atoms with Gasteiger partial charge in [0.15, 0.2) is 12.4 Å². The van der Waals surface area contributed by atoms with E-state index < -0.39 is 22.5 Å². The van der Waals surface area contributed by atoms with Gasteiger partial charge in [0, 0.05) is 13.0 Å². The number of hydrogen-bond acceptors (Lipinski definition) is 6. The van der Waals surface area contributed by atoms with E-state index in [0.29, 0.717) is 5.82 Å². The van der Waals surface area contributed by atoms with Gasteiger partial charge in [0.25, 0.3) is 5.91 Å². The SMILES string of the molecule is Cc1ncc([N+](=O)[O-])n1CC(=O)NN=Cc1ccc(-c2ccc(F)cc2F)o1. The Morgan fingerprint density at radius 2 is 2.18 bits per heavy atom. The first-order valence-electron chi connectivity index (χ1n) is 7.89. The molecule has 1 aromatic carbocycles. The molecule has 3 aromatic rings. The minimum atomic E-state index is -0.775. The number of benzene rings is 1. The topological polar surface area (TPSA) is 116 Å². The molecule has 0 unspecified atom stereocenters. The van der Waals surface area contributed by atoms with Crippen molar-refractivity contribution in [3.63, 3.8) is 0 Å². The summed E-state index contributed by atoms with van der Waals surface area (Å²) in [6.45, 7) is 1.19. The normalized spacial score (nSPS) is 11.1. The van der Waals surface area contributed by atoms with Gasteiger partial charge >= 0.3 is 5.82 Å². The number of nitro groups is 1. The zero-order valence-corrected chi connectivity index (χ0v) is 14.4. The maximum absolute atomic E-state index is 13.8. The number of aryl methyl sites for hydroxylation is 1. The molecule has 0 atom stereocenters. The van der Waals surface area contributed by atoms with E-state index >= 15 is 0 Å². The summed E-state index contributed by atoms with van der Waals surface area (Å²) < 4.78 is 33.2. The lowest BCUT2D eigenvalue weighted by atomic mass is 10.1. The van der Waals surface area contributed by atoms with Crippen molar-refractivity contribution >= 4 is 17.9 Å². The molecule has 9 nitrogen and oxygen atoms in total. The quantitative estimate of drug-likeness (QED) is 0.395. The molecule has 0 aliphatic rings. The summed E-state index contributed by atoms with van der Waals surface area (Å²) in [7, 11) is 0. The van der Waals surface area contributed by atoms with Gasteiger partial charge in [-0.25, -0.2) is 23.8 Å². The molecule has 0 aliphatic heterocycles. The van der Waals surface area contributed by atoms with Crippen molar-refractivity contribution in [2.45, 2.75) is 13.5 Å². The molecule has 0 fully saturated rings. The van der Waals surface area contributed by atoms with Crippen LogP contribution in [0.3, 0.4) is 0 Å². The number of carbonyl (C=O) groups excluding carboxylic acids is 1. The highest BCUT2D eigenvalue weighted by Gasteiger charge is 2.20. The van der Waals surface area contributed by atoms with E-state index in [1.54, 1.807) is 0 Å². The molecule has 0 radical (unpaired) electrons. The summed E-state index contributed by atoms with van der Waals surface area (Å²) in [4.78, 5) is 26.0. The minimum absolute atomic E-state index is 0.0768.